The van der Waals surface area contributed by atoms with Gasteiger partial charge in [-0.1, -0.05) is 44.2 Å². The van der Waals surface area contributed by atoms with Crippen LogP contribution < -0.4 is 10.9 Å². The molecular formula is C21H25N3O3. The second-order valence-corrected chi connectivity index (χ2v) is 7.26. The van der Waals surface area contributed by atoms with E-state index in [9.17, 15) is 14.4 Å². The maximum absolute atomic E-state index is 12.4. The van der Waals surface area contributed by atoms with Gasteiger partial charge in [-0.15, -0.1) is 0 Å². The Morgan fingerprint density at radius 3 is 2.59 bits per heavy atom. The molecule has 27 heavy (non-hydrogen) atoms. The number of nitrogens with zero attached hydrogens (tertiary/aromatic N) is 1. The number of carbonyl (C=O) groups is 2. The van der Waals surface area contributed by atoms with Crippen LogP contribution in [0.5, 0.6) is 0 Å². The Balaban J connectivity index is 1.58. The molecule has 1 fully saturated rings. The van der Waals surface area contributed by atoms with Crippen LogP contribution in [-0.4, -0.2) is 40.8 Å². The number of benzene rings is 1. The SMILES string of the molecule is CC(C)c1ccc(C(=O)NC2CC(=O)N(CCc3ccccc3)C2)c(=O)[nH]1. The quantitative estimate of drug-likeness (QED) is 0.820. The number of aromatic amines is 1. The highest BCUT2D eigenvalue weighted by molar-refractivity contribution is 5.94. The van der Waals surface area contributed by atoms with Crippen molar-refractivity contribution in [3.8, 4) is 0 Å². The smallest absolute Gasteiger partial charge is 0.261 e. The van der Waals surface area contributed by atoms with Gasteiger partial charge >= 0.3 is 0 Å². The van der Waals surface area contributed by atoms with E-state index < -0.39 is 11.5 Å². The number of likely N-dealkylation sites (tertiary alicyclic amines) is 1. The largest absolute Gasteiger partial charge is 0.347 e. The molecule has 2 heterocycles. The molecule has 0 saturated carbocycles. The van der Waals surface area contributed by atoms with E-state index >= 15 is 0 Å². The van der Waals surface area contributed by atoms with Crippen molar-refractivity contribution in [2.24, 2.45) is 0 Å². The van der Waals surface area contributed by atoms with Gasteiger partial charge in [0.25, 0.3) is 11.5 Å². The minimum atomic E-state index is -0.436. The zero-order chi connectivity index (χ0) is 19.4. The number of rotatable bonds is 6. The maximum atomic E-state index is 12.4. The number of amides is 2. The highest BCUT2D eigenvalue weighted by Gasteiger charge is 2.30. The molecule has 6 heteroatoms. The van der Waals surface area contributed by atoms with Crippen LogP contribution in [0.4, 0.5) is 0 Å². The molecule has 142 valence electrons. The summed E-state index contributed by atoms with van der Waals surface area (Å²) >= 11 is 0. The van der Waals surface area contributed by atoms with Crippen molar-refractivity contribution < 1.29 is 9.59 Å². The summed E-state index contributed by atoms with van der Waals surface area (Å²) in [5.41, 5.74) is 1.65. The summed E-state index contributed by atoms with van der Waals surface area (Å²) in [5.74, 6) is -0.227. The van der Waals surface area contributed by atoms with Gasteiger partial charge in [0.2, 0.25) is 5.91 Å². The second-order valence-electron chi connectivity index (χ2n) is 7.26. The van der Waals surface area contributed by atoms with E-state index in [0.717, 1.165) is 12.1 Å². The van der Waals surface area contributed by atoms with Crippen LogP contribution >= 0.6 is 0 Å². The van der Waals surface area contributed by atoms with Crippen LogP contribution in [0.2, 0.25) is 0 Å². The topological polar surface area (TPSA) is 82.3 Å². The number of nitrogens with one attached hydrogen (secondary N) is 2. The lowest BCUT2D eigenvalue weighted by Crippen LogP contribution is -2.39. The van der Waals surface area contributed by atoms with E-state index in [1.807, 2.05) is 44.2 Å². The Labute approximate surface area is 158 Å². The third-order valence-corrected chi connectivity index (χ3v) is 4.86. The molecule has 0 aliphatic carbocycles. The zero-order valence-corrected chi connectivity index (χ0v) is 15.7. The highest BCUT2D eigenvalue weighted by atomic mass is 16.2. The van der Waals surface area contributed by atoms with E-state index in [1.165, 1.54) is 5.56 Å². The Bertz CT molecular complexity index is 874. The van der Waals surface area contributed by atoms with E-state index in [1.54, 1.807) is 17.0 Å². The van der Waals surface area contributed by atoms with Crippen molar-refractivity contribution in [3.05, 3.63) is 69.6 Å². The van der Waals surface area contributed by atoms with Crippen molar-refractivity contribution >= 4 is 11.8 Å². The summed E-state index contributed by atoms with van der Waals surface area (Å²) in [7, 11) is 0. The molecule has 6 nitrogen and oxygen atoms in total. The van der Waals surface area contributed by atoms with Gasteiger partial charge in [-0.05, 0) is 30.0 Å². The first kappa shape index (κ1) is 18.9. The monoisotopic (exact) mass is 367 g/mol. The molecular weight excluding hydrogens is 342 g/mol. The van der Waals surface area contributed by atoms with E-state index in [0.29, 0.717) is 13.1 Å². The minimum absolute atomic E-state index is 0.0281. The predicted octanol–water partition coefficient (Wildman–Crippen LogP) is 2.07. The van der Waals surface area contributed by atoms with E-state index in [2.05, 4.69) is 10.3 Å². The van der Waals surface area contributed by atoms with Crippen molar-refractivity contribution in [2.75, 3.05) is 13.1 Å². The normalized spacial score (nSPS) is 16.8. The molecule has 1 aromatic heterocycles. The molecule has 1 unspecified atom stereocenters. The average molecular weight is 367 g/mol. The third-order valence-electron chi connectivity index (χ3n) is 4.86. The second kappa shape index (κ2) is 8.20. The van der Waals surface area contributed by atoms with Crippen molar-refractivity contribution in [3.63, 3.8) is 0 Å². The van der Waals surface area contributed by atoms with Crippen molar-refractivity contribution in [1.82, 2.24) is 15.2 Å². The average Bonchev–Trinajstić information content (AvgIpc) is 2.99. The number of hydrogen-bond donors (Lipinski definition) is 2. The lowest BCUT2D eigenvalue weighted by Gasteiger charge is -2.17. The zero-order valence-electron chi connectivity index (χ0n) is 15.7. The Kier molecular flexibility index (Phi) is 5.74. The first-order valence-electron chi connectivity index (χ1n) is 9.30. The number of pyridine rings is 1. The summed E-state index contributed by atoms with van der Waals surface area (Å²) in [4.78, 5) is 41.3. The van der Waals surface area contributed by atoms with Crippen LogP contribution in [0.3, 0.4) is 0 Å². The fourth-order valence-corrected chi connectivity index (χ4v) is 3.26. The Hall–Kier alpha value is -2.89. The Morgan fingerprint density at radius 1 is 1.19 bits per heavy atom. The molecule has 0 spiro atoms. The highest BCUT2D eigenvalue weighted by Crippen LogP contribution is 2.14. The summed E-state index contributed by atoms with van der Waals surface area (Å²) in [6.45, 7) is 5.04. The minimum Gasteiger partial charge on any atom is -0.347 e. The van der Waals surface area contributed by atoms with Crippen LogP contribution in [0.15, 0.2) is 47.3 Å². The maximum Gasteiger partial charge on any atom is 0.261 e. The molecule has 1 saturated heterocycles. The molecule has 0 bridgehead atoms. The first-order valence-corrected chi connectivity index (χ1v) is 9.30. The standard InChI is InChI=1S/C21H25N3O3/c1-14(2)18-9-8-17(21(27)23-18)20(26)22-16-12-19(25)24(13-16)11-10-15-6-4-3-5-7-15/h3-9,14,16H,10-13H2,1-2H3,(H,22,26)(H,23,27). The molecule has 2 amide bonds. The predicted molar refractivity (Wildman–Crippen MR) is 104 cm³/mol. The van der Waals surface area contributed by atoms with Gasteiger partial charge in [-0.3, -0.25) is 14.4 Å². The Morgan fingerprint density at radius 2 is 1.93 bits per heavy atom. The molecule has 3 rings (SSSR count). The van der Waals surface area contributed by atoms with Gasteiger partial charge in [0, 0.05) is 25.2 Å². The molecule has 2 aromatic rings. The molecule has 0 radical (unpaired) electrons. The van der Waals surface area contributed by atoms with Gasteiger partial charge in [0.05, 0.1) is 6.04 Å². The third kappa shape index (κ3) is 4.64. The van der Waals surface area contributed by atoms with Crippen LogP contribution in [-0.2, 0) is 11.2 Å². The van der Waals surface area contributed by atoms with Crippen LogP contribution in [0, 0.1) is 0 Å². The number of aromatic nitrogens is 1. The van der Waals surface area contributed by atoms with Gasteiger partial charge < -0.3 is 15.2 Å². The first-order chi connectivity index (χ1) is 12.9. The van der Waals surface area contributed by atoms with Gasteiger partial charge in [0.1, 0.15) is 5.56 Å². The number of hydrogen-bond acceptors (Lipinski definition) is 3. The van der Waals surface area contributed by atoms with E-state index in [4.69, 9.17) is 0 Å². The van der Waals surface area contributed by atoms with E-state index in [-0.39, 0.29) is 29.9 Å². The fraction of sp³-hybridized carbons (Fsp3) is 0.381. The summed E-state index contributed by atoms with van der Waals surface area (Å²) in [6, 6.07) is 13.0. The van der Waals surface area contributed by atoms with Crippen molar-refractivity contribution in [2.45, 2.75) is 38.6 Å². The van der Waals surface area contributed by atoms with Crippen LogP contribution in [0.25, 0.3) is 0 Å². The summed E-state index contributed by atoms with van der Waals surface area (Å²) in [5, 5.41) is 2.82. The van der Waals surface area contributed by atoms with Crippen LogP contribution in [0.1, 0.15) is 47.8 Å². The summed E-state index contributed by atoms with van der Waals surface area (Å²) in [6.07, 6.45) is 1.05. The molecule has 1 aliphatic heterocycles. The molecule has 1 aliphatic rings. The lowest BCUT2D eigenvalue weighted by molar-refractivity contribution is -0.127. The van der Waals surface area contributed by atoms with Gasteiger partial charge in [-0.25, -0.2) is 0 Å². The number of H-pyrrole nitrogens is 1. The summed E-state index contributed by atoms with van der Waals surface area (Å²) < 4.78 is 0. The molecule has 2 N–H and O–H groups in total. The van der Waals surface area contributed by atoms with Gasteiger partial charge in [0.15, 0.2) is 0 Å². The van der Waals surface area contributed by atoms with Gasteiger partial charge in [-0.2, -0.15) is 0 Å². The number of carbonyl (C=O) groups excluding carboxylic acids is 2. The van der Waals surface area contributed by atoms with Crippen molar-refractivity contribution in [1.29, 1.82) is 0 Å². The fourth-order valence-electron chi connectivity index (χ4n) is 3.26. The molecule has 1 atom stereocenters. The lowest BCUT2D eigenvalue weighted by atomic mass is 10.1. The molecule has 1 aromatic carbocycles.